The second-order valence-corrected chi connectivity index (χ2v) is 9.38. The molecule has 2 aromatic rings. The highest BCUT2D eigenvalue weighted by Crippen LogP contribution is 2.59. The van der Waals surface area contributed by atoms with Gasteiger partial charge in [0, 0.05) is 34.1 Å². The smallest absolute Gasteiger partial charge is 0.287 e. The molecule has 9 heteroatoms. The lowest BCUT2D eigenvalue weighted by molar-refractivity contribution is -0.109. The van der Waals surface area contributed by atoms with Crippen LogP contribution in [0.15, 0.2) is 44.7 Å². The number of rotatable bonds is 8. The van der Waals surface area contributed by atoms with Crippen molar-refractivity contribution in [3.63, 3.8) is 0 Å². The standard InChI is InChI=1S/C17H17ClN2O2S2.C4H9NO/c18-10-1-2-11-13(9-10)24-16(20-11)17(5-6-17)7-8-19-15(21)12-3-4-14(23)22-12;1-2-3-5-4-6/h1-4,9,16,20,23H,5-8H2,(H,19,21);4H,2-3H2,1H3,(H,5,6). The molecule has 4 rings (SSSR count). The van der Waals surface area contributed by atoms with Gasteiger partial charge in [0.05, 0.1) is 5.37 Å². The lowest BCUT2D eigenvalue weighted by Gasteiger charge is -2.22. The van der Waals surface area contributed by atoms with Crippen LogP contribution in [0.3, 0.4) is 0 Å². The summed E-state index contributed by atoms with van der Waals surface area (Å²) in [6.07, 6.45) is 5.02. The Bertz CT molecular complexity index is 886. The number of hydrogen-bond acceptors (Lipinski definition) is 6. The number of carbonyl (C=O) groups is 2. The zero-order valence-electron chi connectivity index (χ0n) is 16.7. The molecule has 2 amide bonds. The van der Waals surface area contributed by atoms with Gasteiger partial charge in [0.15, 0.2) is 10.9 Å². The van der Waals surface area contributed by atoms with Gasteiger partial charge in [-0.05, 0) is 56.0 Å². The number of carbonyl (C=O) groups excluding carboxylic acids is 2. The SMILES string of the molecule is CCCNC=O.O=C(NCCC1(C2Nc3ccc(Cl)cc3S2)CC1)c1ccc(S)o1. The van der Waals surface area contributed by atoms with Gasteiger partial charge in [0.1, 0.15) is 0 Å². The van der Waals surface area contributed by atoms with E-state index in [2.05, 4.69) is 28.6 Å². The number of furan rings is 1. The molecule has 1 aromatic carbocycles. The predicted molar refractivity (Wildman–Crippen MR) is 124 cm³/mol. The molecule has 1 aliphatic carbocycles. The Morgan fingerprint density at radius 2 is 2.17 bits per heavy atom. The fourth-order valence-corrected chi connectivity index (χ4v) is 5.16. The molecule has 0 spiro atoms. The third-order valence-electron chi connectivity index (χ3n) is 5.13. The third kappa shape index (κ3) is 5.89. The van der Waals surface area contributed by atoms with Gasteiger partial charge < -0.3 is 20.4 Å². The maximum Gasteiger partial charge on any atom is 0.287 e. The molecular formula is C21H26ClN3O3S2. The molecule has 6 nitrogen and oxygen atoms in total. The van der Waals surface area contributed by atoms with Crippen molar-refractivity contribution >= 4 is 54.0 Å². The molecule has 1 unspecified atom stereocenters. The van der Waals surface area contributed by atoms with Crippen LogP contribution in [0.25, 0.3) is 0 Å². The molecule has 1 aliphatic heterocycles. The van der Waals surface area contributed by atoms with Gasteiger partial charge >= 0.3 is 0 Å². The molecule has 3 N–H and O–H groups in total. The summed E-state index contributed by atoms with van der Waals surface area (Å²) in [5.74, 6) is 0.119. The molecule has 0 radical (unpaired) electrons. The summed E-state index contributed by atoms with van der Waals surface area (Å²) in [6.45, 7) is 3.44. The first-order valence-corrected chi connectivity index (χ1v) is 11.6. The largest absolute Gasteiger partial charge is 0.445 e. The van der Waals surface area contributed by atoms with Crippen molar-refractivity contribution in [2.75, 3.05) is 18.4 Å². The van der Waals surface area contributed by atoms with Gasteiger partial charge in [-0.1, -0.05) is 30.3 Å². The van der Waals surface area contributed by atoms with E-state index in [4.69, 9.17) is 16.0 Å². The first kappa shape index (κ1) is 22.9. The molecule has 162 valence electrons. The Labute approximate surface area is 191 Å². The summed E-state index contributed by atoms with van der Waals surface area (Å²) in [5, 5.41) is 10.6. The van der Waals surface area contributed by atoms with E-state index in [1.54, 1.807) is 12.1 Å². The lowest BCUT2D eigenvalue weighted by atomic mass is 10.0. The van der Waals surface area contributed by atoms with Crippen molar-refractivity contribution in [1.82, 2.24) is 10.6 Å². The Morgan fingerprint density at radius 3 is 2.77 bits per heavy atom. The maximum atomic E-state index is 12.0. The predicted octanol–water partition coefficient (Wildman–Crippen LogP) is 4.81. The average Bonchev–Trinajstić information content (AvgIpc) is 3.18. The minimum absolute atomic E-state index is 0.187. The molecule has 2 heterocycles. The van der Waals surface area contributed by atoms with Crippen LogP contribution in [0.4, 0.5) is 5.69 Å². The van der Waals surface area contributed by atoms with Crippen molar-refractivity contribution in [1.29, 1.82) is 0 Å². The Hall–Kier alpha value is -1.77. The molecule has 1 atom stereocenters. The van der Waals surface area contributed by atoms with Gasteiger partial charge in [0.2, 0.25) is 6.41 Å². The number of thioether (sulfide) groups is 1. The van der Waals surface area contributed by atoms with Gasteiger partial charge in [0.25, 0.3) is 5.91 Å². The molecule has 1 fully saturated rings. The van der Waals surface area contributed by atoms with Crippen LogP contribution < -0.4 is 16.0 Å². The van der Waals surface area contributed by atoms with E-state index in [0.717, 1.165) is 30.1 Å². The van der Waals surface area contributed by atoms with Crippen molar-refractivity contribution in [3.05, 3.63) is 41.1 Å². The Balaban J connectivity index is 0.000000377. The highest BCUT2D eigenvalue weighted by atomic mass is 35.5. The van der Waals surface area contributed by atoms with Crippen LogP contribution in [0.2, 0.25) is 5.02 Å². The number of hydrogen-bond donors (Lipinski definition) is 4. The van der Waals surface area contributed by atoms with Gasteiger partial charge in [-0.15, -0.1) is 12.6 Å². The second kappa shape index (κ2) is 10.5. The Kier molecular flexibility index (Phi) is 8.02. The van der Waals surface area contributed by atoms with Crippen LogP contribution in [0.5, 0.6) is 0 Å². The summed E-state index contributed by atoms with van der Waals surface area (Å²) in [6, 6.07) is 9.27. The molecule has 1 saturated carbocycles. The highest BCUT2D eigenvalue weighted by molar-refractivity contribution is 8.00. The van der Waals surface area contributed by atoms with E-state index in [0.29, 0.717) is 29.2 Å². The molecular weight excluding hydrogens is 442 g/mol. The van der Waals surface area contributed by atoms with Crippen LogP contribution >= 0.6 is 36.0 Å². The zero-order valence-corrected chi connectivity index (χ0v) is 19.2. The molecule has 0 bridgehead atoms. The van der Waals surface area contributed by atoms with Gasteiger partial charge in [-0.3, -0.25) is 9.59 Å². The van der Waals surface area contributed by atoms with Crippen LogP contribution in [-0.4, -0.2) is 30.8 Å². The third-order valence-corrected chi connectivity index (χ3v) is 7.05. The summed E-state index contributed by atoms with van der Waals surface area (Å²) in [7, 11) is 0. The van der Waals surface area contributed by atoms with E-state index in [1.807, 2.05) is 36.9 Å². The van der Waals surface area contributed by atoms with E-state index in [-0.39, 0.29) is 11.3 Å². The number of benzene rings is 1. The summed E-state index contributed by atoms with van der Waals surface area (Å²) in [5.41, 5.74) is 1.39. The monoisotopic (exact) mass is 467 g/mol. The number of fused-ring (bicyclic) bond motifs is 1. The van der Waals surface area contributed by atoms with E-state index >= 15 is 0 Å². The first-order chi connectivity index (χ1) is 14.5. The Morgan fingerprint density at radius 1 is 1.37 bits per heavy atom. The molecule has 2 aliphatic rings. The van der Waals surface area contributed by atoms with Crippen LogP contribution in [0, 0.1) is 5.41 Å². The lowest BCUT2D eigenvalue weighted by Crippen LogP contribution is -2.31. The van der Waals surface area contributed by atoms with Gasteiger partial charge in [-0.25, -0.2) is 0 Å². The van der Waals surface area contributed by atoms with E-state index in [1.165, 1.54) is 17.7 Å². The first-order valence-electron chi connectivity index (χ1n) is 9.94. The van der Waals surface area contributed by atoms with E-state index < -0.39 is 0 Å². The number of amides is 2. The van der Waals surface area contributed by atoms with Crippen molar-refractivity contribution in [2.24, 2.45) is 5.41 Å². The van der Waals surface area contributed by atoms with E-state index in [9.17, 15) is 9.59 Å². The van der Waals surface area contributed by atoms with Crippen LogP contribution in [-0.2, 0) is 4.79 Å². The number of anilines is 1. The molecule has 1 aromatic heterocycles. The summed E-state index contributed by atoms with van der Waals surface area (Å²) >= 11 is 12.0. The fourth-order valence-electron chi connectivity index (χ4n) is 3.26. The number of thiol groups is 1. The van der Waals surface area contributed by atoms with Gasteiger partial charge in [-0.2, -0.15) is 0 Å². The maximum absolute atomic E-state index is 12.0. The summed E-state index contributed by atoms with van der Waals surface area (Å²) in [4.78, 5) is 22.7. The minimum Gasteiger partial charge on any atom is -0.445 e. The topological polar surface area (TPSA) is 83.4 Å². The summed E-state index contributed by atoms with van der Waals surface area (Å²) < 4.78 is 5.22. The zero-order chi connectivity index (χ0) is 21.6. The quantitative estimate of drug-likeness (QED) is 0.254. The van der Waals surface area contributed by atoms with Crippen molar-refractivity contribution < 1.29 is 14.0 Å². The molecule has 0 saturated heterocycles. The van der Waals surface area contributed by atoms with Crippen LogP contribution in [0.1, 0.15) is 43.2 Å². The normalized spacial score (nSPS) is 17.8. The van der Waals surface area contributed by atoms with Crippen molar-refractivity contribution in [3.8, 4) is 0 Å². The molecule has 30 heavy (non-hydrogen) atoms. The second-order valence-electron chi connectivity index (χ2n) is 7.36. The fraction of sp³-hybridized carbons (Fsp3) is 0.429. The number of nitrogens with one attached hydrogen (secondary N) is 3. The van der Waals surface area contributed by atoms with Crippen molar-refractivity contribution in [2.45, 2.75) is 48.0 Å². The number of halogens is 1. The highest BCUT2D eigenvalue weighted by Gasteiger charge is 2.51. The minimum atomic E-state index is -0.187. The average molecular weight is 468 g/mol.